The molecule has 1 unspecified atom stereocenters. The average Bonchev–Trinajstić information content (AvgIpc) is 2.23. The van der Waals surface area contributed by atoms with Crippen molar-refractivity contribution in [1.29, 1.82) is 0 Å². The van der Waals surface area contributed by atoms with Gasteiger partial charge >= 0.3 is 5.97 Å². The summed E-state index contributed by atoms with van der Waals surface area (Å²) in [6.07, 6.45) is 1.48. The van der Waals surface area contributed by atoms with E-state index in [-0.39, 0.29) is 11.7 Å². The minimum absolute atomic E-state index is 0.179. The molecule has 0 fully saturated rings. The first-order chi connectivity index (χ1) is 7.99. The second-order valence-electron chi connectivity index (χ2n) is 4.04. The summed E-state index contributed by atoms with van der Waals surface area (Å²) < 4.78 is 6.37. The van der Waals surface area contributed by atoms with Crippen molar-refractivity contribution in [2.75, 3.05) is 6.61 Å². The lowest BCUT2D eigenvalue weighted by atomic mass is 10.0. The molecule has 1 N–H and O–H groups in total. The number of aliphatic carboxylic acids is 1. The Morgan fingerprint density at radius 2 is 2.18 bits per heavy atom. The summed E-state index contributed by atoms with van der Waals surface area (Å²) in [5.41, 5.74) is -0.407. The van der Waals surface area contributed by atoms with E-state index >= 15 is 0 Å². The monoisotopic (exact) mass is 239 g/mol. The first-order valence-corrected chi connectivity index (χ1v) is 5.55. The molecule has 1 rings (SSSR count). The lowest BCUT2D eigenvalue weighted by Gasteiger charge is -2.19. The van der Waals surface area contributed by atoms with Gasteiger partial charge in [0.1, 0.15) is 6.04 Å². The van der Waals surface area contributed by atoms with E-state index in [9.17, 15) is 9.59 Å². The molecule has 0 aliphatic rings. The number of carboxylic acids is 1. The SMILES string of the molecule is CCOc1cccn(C(C(=O)O)C(C)C)c1=O. The van der Waals surface area contributed by atoms with Crippen LogP contribution < -0.4 is 10.3 Å². The highest BCUT2D eigenvalue weighted by molar-refractivity contribution is 5.72. The van der Waals surface area contributed by atoms with Gasteiger partial charge in [0.05, 0.1) is 6.61 Å². The van der Waals surface area contributed by atoms with Gasteiger partial charge in [0.25, 0.3) is 5.56 Å². The van der Waals surface area contributed by atoms with Crippen LogP contribution in [0, 0.1) is 5.92 Å². The third-order valence-electron chi connectivity index (χ3n) is 2.42. The summed E-state index contributed by atoms with van der Waals surface area (Å²) in [6.45, 7) is 5.67. The molecule has 0 aliphatic carbocycles. The van der Waals surface area contributed by atoms with E-state index in [0.29, 0.717) is 6.61 Å². The van der Waals surface area contributed by atoms with Gasteiger partial charge in [0, 0.05) is 6.20 Å². The van der Waals surface area contributed by atoms with Crippen molar-refractivity contribution in [3.63, 3.8) is 0 Å². The lowest BCUT2D eigenvalue weighted by Crippen LogP contribution is -2.33. The molecule has 5 heteroatoms. The average molecular weight is 239 g/mol. The van der Waals surface area contributed by atoms with Crippen molar-refractivity contribution in [1.82, 2.24) is 4.57 Å². The number of hydrogen-bond donors (Lipinski definition) is 1. The minimum Gasteiger partial charge on any atom is -0.488 e. The second-order valence-corrected chi connectivity index (χ2v) is 4.04. The summed E-state index contributed by atoms with van der Waals surface area (Å²) in [6, 6.07) is 2.29. The van der Waals surface area contributed by atoms with Gasteiger partial charge in [-0.25, -0.2) is 4.79 Å². The Morgan fingerprint density at radius 3 is 2.65 bits per heavy atom. The quantitative estimate of drug-likeness (QED) is 0.846. The molecule has 5 nitrogen and oxygen atoms in total. The number of pyridine rings is 1. The van der Waals surface area contributed by atoms with Crippen LogP contribution in [-0.2, 0) is 4.79 Å². The van der Waals surface area contributed by atoms with Gasteiger partial charge in [-0.15, -0.1) is 0 Å². The van der Waals surface area contributed by atoms with Gasteiger partial charge in [-0.2, -0.15) is 0 Å². The number of carboxylic acid groups (broad SMARTS) is 1. The van der Waals surface area contributed by atoms with Crippen molar-refractivity contribution in [2.24, 2.45) is 5.92 Å². The standard InChI is InChI=1S/C12H17NO4/c1-4-17-9-6-5-7-13(11(9)14)10(8(2)3)12(15)16/h5-8,10H,4H2,1-3H3,(H,15,16). The fourth-order valence-corrected chi connectivity index (χ4v) is 1.70. The zero-order valence-corrected chi connectivity index (χ0v) is 10.2. The Morgan fingerprint density at radius 1 is 1.53 bits per heavy atom. The summed E-state index contributed by atoms with van der Waals surface area (Å²) in [4.78, 5) is 23.1. The maximum atomic E-state index is 12.0. The molecule has 17 heavy (non-hydrogen) atoms. The number of ether oxygens (including phenoxy) is 1. The third-order valence-corrected chi connectivity index (χ3v) is 2.42. The zero-order valence-electron chi connectivity index (χ0n) is 10.2. The molecule has 0 saturated heterocycles. The van der Waals surface area contributed by atoms with E-state index in [1.165, 1.54) is 10.8 Å². The highest BCUT2D eigenvalue weighted by atomic mass is 16.5. The maximum absolute atomic E-state index is 12.0. The normalized spacial score (nSPS) is 12.5. The van der Waals surface area contributed by atoms with Gasteiger partial charge < -0.3 is 9.84 Å². The Kier molecular flexibility index (Phi) is 4.31. The Hall–Kier alpha value is -1.78. The highest BCUT2D eigenvalue weighted by Crippen LogP contribution is 2.17. The summed E-state index contributed by atoms with van der Waals surface area (Å²) >= 11 is 0. The molecule has 0 radical (unpaired) electrons. The fourth-order valence-electron chi connectivity index (χ4n) is 1.70. The van der Waals surface area contributed by atoms with E-state index in [2.05, 4.69) is 0 Å². The number of aromatic nitrogens is 1. The zero-order chi connectivity index (χ0) is 13.0. The van der Waals surface area contributed by atoms with Crippen LogP contribution in [0.15, 0.2) is 23.1 Å². The molecular formula is C12H17NO4. The minimum atomic E-state index is -1.02. The van der Waals surface area contributed by atoms with E-state index in [1.54, 1.807) is 32.9 Å². The van der Waals surface area contributed by atoms with Gasteiger partial charge in [0.15, 0.2) is 5.75 Å². The summed E-state index contributed by atoms with van der Waals surface area (Å²) in [7, 11) is 0. The Balaban J connectivity index is 3.25. The van der Waals surface area contributed by atoms with Gasteiger partial charge in [-0.05, 0) is 25.0 Å². The highest BCUT2D eigenvalue weighted by Gasteiger charge is 2.25. The molecule has 1 atom stereocenters. The largest absolute Gasteiger partial charge is 0.488 e. The smallest absolute Gasteiger partial charge is 0.327 e. The topological polar surface area (TPSA) is 68.5 Å². The Labute approximate surface area is 99.6 Å². The van der Waals surface area contributed by atoms with Crippen LogP contribution in [0.3, 0.4) is 0 Å². The van der Waals surface area contributed by atoms with E-state index in [4.69, 9.17) is 9.84 Å². The van der Waals surface area contributed by atoms with Crippen LogP contribution in [-0.4, -0.2) is 22.2 Å². The molecular weight excluding hydrogens is 222 g/mol. The number of nitrogens with zero attached hydrogens (tertiary/aromatic N) is 1. The number of carbonyl (C=O) groups is 1. The molecule has 0 aliphatic heterocycles. The fraction of sp³-hybridized carbons (Fsp3) is 0.500. The van der Waals surface area contributed by atoms with Crippen molar-refractivity contribution in [3.8, 4) is 5.75 Å². The molecule has 1 heterocycles. The van der Waals surface area contributed by atoms with Crippen molar-refractivity contribution >= 4 is 5.97 Å². The van der Waals surface area contributed by atoms with Crippen LogP contribution in [0.4, 0.5) is 0 Å². The molecule has 0 spiro atoms. The Bertz CT molecular complexity index is 450. The van der Waals surface area contributed by atoms with Crippen molar-refractivity contribution in [2.45, 2.75) is 26.8 Å². The molecule has 0 saturated carbocycles. The third kappa shape index (κ3) is 2.87. The molecule has 1 aromatic rings. The van der Waals surface area contributed by atoms with Crippen LogP contribution in [0.2, 0.25) is 0 Å². The summed E-state index contributed by atoms with van der Waals surface area (Å²) in [5, 5.41) is 9.14. The van der Waals surface area contributed by atoms with Crippen molar-refractivity contribution < 1.29 is 14.6 Å². The summed E-state index contributed by atoms with van der Waals surface area (Å²) in [5.74, 6) is -1.01. The second kappa shape index (κ2) is 5.52. The van der Waals surface area contributed by atoms with Gasteiger partial charge in [0.2, 0.25) is 0 Å². The first-order valence-electron chi connectivity index (χ1n) is 5.55. The molecule has 0 bridgehead atoms. The predicted octanol–water partition coefficient (Wildman–Crippen LogP) is 1.53. The van der Waals surface area contributed by atoms with Gasteiger partial charge in [-0.3, -0.25) is 9.36 Å². The van der Waals surface area contributed by atoms with Crippen LogP contribution in [0.1, 0.15) is 26.8 Å². The van der Waals surface area contributed by atoms with E-state index in [0.717, 1.165) is 0 Å². The first kappa shape index (κ1) is 13.3. The predicted molar refractivity (Wildman–Crippen MR) is 63.4 cm³/mol. The molecule has 94 valence electrons. The van der Waals surface area contributed by atoms with E-state index < -0.39 is 17.6 Å². The number of hydrogen-bond acceptors (Lipinski definition) is 3. The lowest BCUT2D eigenvalue weighted by molar-refractivity contribution is -0.142. The van der Waals surface area contributed by atoms with Crippen LogP contribution >= 0.6 is 0 Å². The maximum Gasteiger partial charge on any atom is 0.327 e. The molecule has 1 aromatic heterocycles. The molecule has 0 aromatic carbocycles. The van der Waals surface area contributed by atoms with Crippen LogP contribution in [0.25, 0.3) is 0 Å². The van der Waals surface area contributed by atoms with Crippen molar-refractivity contribution in [3.05, 3.63) is 28.7 Å². The van der Waals surface area contributed by atoms with Crippen LogP contribution in [0.5, 0.6) is 5.75 Å². The number of rotatable bonds is 5. The van der Waals surface area contributed by atoms with Gasteiger partial charge in [-0.1, -0.05) is 13.8 Å². The van der Waals surface area contributed by atoms with E-state index in [1.807, 2.05) is 0 Å². The molecule has 0 amide bonds.